The number of nitrogen functional groups attached to an aromatic ring is 1. The van der Waals surface area contributed by atoms with E-state index >= 15 is 0 Å². The van der Waals surface area contributed by atoms with E-state index in [2.05, 4.69) is 4.98 Å². The van der Waals surface area contributed by atoms with Crippen LogP contribution in [0.2, 0.25) is 0 Å². The summed E-state index contributed by atoms with van der Waals surface area (Å²) in [5.74, 6) is 1.25. The lowest BCUT2D eigenvalue weighted by Crippen LogP contribution is -2.39. The molecule has 2 aliphatic rings. The third kappa shape index (κ3) is 2.72. The normalized spacial score (nSPS) is 20.2. The maximum atomic E-state index is 12.7. The molecule has 2 N–H and O–H groups in total. The highest BCUT2D eigenvalue weighted by Crippen LogP contribution is 2.35. The van der Waals surface area contributed by atoms with Crippen LogP contribution in [0.15, 0.2) is 18.3 Å². The van der Waals surface area contributed by atoms with Gasteiger partial charge >= 0.3 is 0 Å². The Balaban J connectivity index is 1.80. The van der Waals surface area contributed by atoms with E-state index in [0.717, 1.165) is 31.5 Å². The Hall–Kier alpha value is -1.58. The lowest BCUT2D eigenvalue weighted by Gasteiger charge is -2.28. The van der Waals surface area contributed by atoms with Crippen LogP contribution in [0.5, 0.6) is 0 Å². The standard InChI is InChI=1S/C15H21N3O/c16-12-6-9-14(17-10-12)18(13-7-8-13)15(19)11-4-2-1-3-5-11/h6,9-11,13H,1-5,7-8,16H2. The van der Waals surface area contributed by atoms with Crippen LogP contribution < -0.4 is 10.6 Å². The summed E-state index contributed by atoms with van der Waals surface area (Å²) in [6.45, 7) is 0. The number of pyridine rings is 1. The van der Waals surface area contributed by atoms with Gasteiger partial charge in [0.25, 0.3) is 0 Å². The third-order valence-corrected chi connectivity index (χ3v) is 4.12. The van der Waals surface area contributed by atoms with E-state index in [-0.39, 0.29) is 11.8 Å². The van der Waals surface area contributed by atoms with Crippen molar-refractivity contribution in [2.75, 3.05) is 10.6 Å². The number of carbonyl (C=O) groups is 1. The number of hydrogen-bond acceptors (Lipinski definition) is 3. The summed E-state index contributed by atoms with van der Waals surface area (Å²) in [5, 5.41) is 0. The first-order valence-corrected chi connectivity index (χ1v) is 7.30. The minimum Gasteiger partial charge on any atom is -0.397 e. The number of carbonyl (C=O) groups excluding carboxylic acids is 1. The topological polar surface area (TPSA) is 59.2 Å². The van der Waals surface area contributed by atoms with Crippen LogP contribution in [0.25, 0.3) is 0 Å². The van der Waals surface area contributed by atoms with Gasteiger partial charge in [0, 0.05) is 12.0 Å². The number of amides is 1. The van der Waals surface area contributed by atoms with Gasteiger partial charge in [0.2, 0.25) is 5.91 Å². The highest BCUT2D eigenvalue weighted by Gasteiger charge is 2.37. The molecule has 2 fully saturated rings. The Bertz CT molecular complexity index is 447. The molecule has 2 aliphatic carbocycles. The second kappa shape index (κ2) is 5.19. The minimum absolute atomic E-state index is 0.203. The lowest BCUT2D eigenvalue weighted by atomic mass is 9.88. The maximum Gasteiger partial charge on any atom is 0.231 e. The zero-order valence-corrected chi connectivity index (χ0v) is 11.2. The number of rotatable bonds is 3. The van der Waals surface area contributed by atoms with Crippen LogP contribution in [0.1, 0.15) is 44.9 Å². The molecule has 19 heavy (non-hydrogen) atoms. The van der Waals surface area contributed by atoms with Crippen LogP contribution in [0, 0.1) is 5.92 Å². The van der Waals surface area contributed by atoms with Gasteiger partial charge in [-0.3, -0.25) is 9.69 Å². The predicted octanol–water partition coefficient (Wildman–Crippen LogP) is 2.74. The first-order chi connectivity index (χ1) is 9.25. The molecule has 0 aliphatic heterocycles. The summed E-state index contributed by atoms with van der Waals surface area (Å²) >= 11 is 0. The summed E-state index contributed by atoms with van der Waals surface area (Å²) in [6.07, 6.45) is 9.56. The smallest absolute Gasteiger partial charge is 0.231 e. The molecule has 1 heterocycles. The largest absolute Gasteiger partial charge is 0.397 e. The number of nitrogens with zero attached hydrogens (tertiary/aromatic N) is 2. The van der Waals surface area contributed by atoms with Crippen molar-refractivity contribution in [3.8, 4) is 0 Å². The van der Waals surface area contributed by atoms with Crippen LogP contribution >= 0.6 is 0 Å². The van der Waals surface area contributed by atoms with Crippen molar-refractivity contribution in [3.05, 3.63) is 18.3 Å². The Morgan fingerprint density at radius 2 is 1.89 bits per heavy atom. The number of nitrogens with two attached hydrogens (primary N) is 1. The molecule has 4 heteroatoms. The molecule has 0 bridgehead atoms. The van der Waals surface area contributed by atoms with Gasteiger partial charge in [0.1, 0.15) is 5.82 Å². The molecule has 3 rings (SSSR count). The Morgan fingerprint density at radius 1 is 1.16 bits per heavy atom. The summed E-state index contributed by atoms with van der Waals surface area (Å²) in [6, 6.07) is 4.06. The first kappa shape index (κ1) is 12.5. The molecule has 1 aromatic rings. The monoisotopic (exact) mass is 259 g/mol. The van der Waals surface area contributed by atoms with Crippen LogP contribution in [-0.2, 0) is 4.79 Å². The molecular formula is C15H21N3O. The van der Waals surface area contributed by atoms with E-state index in [1.54, 1.807) is 6.20 Å². The Morgan fingerprint density at radius 3 is 2.47 bits per heavy atom. The summed E-state index contributed by atoms with van der Waals surface area (Å²) in [4.78, 5) is 19.0. The first-order valence-electron chi connectivity index (χ1n) is 7.30. The molecule has 1 aromatic heterocycles. The molecule has 102 valence electrons. The molecule has 0 radical (unpaired) electrons. The van der Waals surface area contributed by atoms with Gasteiger partial charge in [-0.15, -0.1) is 0 Å². The average Bonchev–Trinajstić information content (AvgIpc) is 3.27. The average molecular weight is 259 g/mol. The second-order valence-electron chi connectivity index (χ2n) is 5.72. The van der Waals surface area contributed by atoms with Crippen molar-refractivity contribution in [1.82, 2.24) is 4.98 Å². The molecule has 4 nitrogen and oxygen atoms in total. The van der Waals surface area contributed by atoms with E-state index < -0.39 is 0 Å². The summed E-state index contributed by atoms with van der Waals surface area (Å²) in [7, 11) is 0. The summed E-state index contributed by atoms with van der Waals surface area (Å²) < 4.78 is 0. The van der Waals surface area contributed by atoms with E-state index in [9.17, 15) is 4.79 Å². The Labute approximate surface area is 114 Å². The molecule has 1 amide bonds. The quantitative estimate of drug-likeness (QED) is 0.908. The van der Waals surface area contributed by atoms with Gasteiger partial charge in [-0.25, -0.2) is 4.98 Å². The number of anilines is 2. The van der Waals surface area contributed by atoms with Gasteiger partial charge in [-0.05, 0) is 37.8 Å². The van der Waals surface area contributed by atoms with Gasteiger partial charge in [-0.2, -0.15) is 0 Å². The SMILES string of the molecule is Nc1ccc(N(C(=O)C2CCCCC2)C2CC2)nc1. The Kier molecular flexibility index (Phi) is 3.40. The highest BCUT2D eigenvalue weighted by atomic mass is 16.2. The van der Waals surface area contributed by atoms with Crippen LogP contribution in [-0.4, -0.2) is 16.9 Å². The van der Waals surface area contributed by atoms with Crippen LogP contribution in [0.4, 0.5) is 11.5 Å². The van der Waals surface area contributed by atoms with Crippen molar-refractivity contribution in [2.24, 2.45) is 5.92 Å². The molecule has 0 spiro atoms. The van der Waals surface area contributed by atoms with Gasteiger partial charge < -0.3 is 5.73 Å². The van der Waals surface area contributed by atoms with Crippen molar-refractivity contribution < 1.29 is 4.79 Å². The molecule has 0 atom stereocenters. The number of aromatic nitrogens is 1. The number of hydrogen-bond donors (Lipinski definition) is 1. The van der Waals surface area contributed by atoms with E-state index in [0.29, 0.717) is 11.7 Å². The van der Waals surface area contributed by atoms with Crippen molar-refractivity contribution in [1.29, 1.82) is 0 Å². The molecular weight excluding hydrogens is 238 g/mol. The van der Waals surface area contributed by atoms with Crippen molar-refractivity contribution in [2.45, 2.75) is 51.0 Å². The van der Waals surface area contributed by atoms with Crippen molar-refractivity contribution >= 4 is 17.4 Å². The fraction of sp³-hybridized carbons (Fsp3) is 0.600. The zero-order valence-electron chi connectivity index (χ0n) is 11.2. The van der Waals surface area contributed by atoms with Crippen molar-refractivity contribution in [3.63, 3.8) is 0 Å². The molecule has 0 aromatic carbocycles. The fourth-order valence-corrected chi connectivity index (χ4v) is 2.90. The van der Waals surface area contributed by atoms with Gasteiger partial charge in [0.05, 0.1) is 11.9 Å². The van der Waals surface area contributed by atoms with Gasteiger partial charge in [-0.1, -0.05) is 19.3 Å². The lowest BCUT2D eigenvalue weighted by molar-refractivity contribution is -0.123. The van der Waals surface area contributed by atoms with E-state index in [1.807, 2.05) is 17.0 Å². The highest BCUT2D eigenvalue weighted by molar-refractivity contribution is 5.95. The van der Waals surface area contributed by atoms with Crippen LogP contribution in [0.3, 0.4) is 0 Å². The zero-order chi connectivity index (χ0) is 13.2. The maximum absolute atomic E-state index is 12.7. The fourth-order valence-electron chi connectivity index (χ4n) is 2.90. The second-order valence-corrected chi connectivity index (χ2v) is 5.72. The minimum atomic E-state index is 0.203. The van der Waals surface area contributed by atoms with E-state index in [4.69, 9.17) is 5.73 Å². The molecule has 0 saturated heterocycles. The van der Waals surface area contributed by atoms with E-state index in [1.165, 1.54) is 19.3 Å². The van der Waals surface area contributed by atoms with Gasteiger partial charge in [0.15, 0.2) is 0 Å². The molecule has 2 saturated carbocycles. The summed E-state index contributed by atoms with van der Waals surface area (Å²) in [5.41, 5.74) is 6.31. The third-order valence-electron chi connectivity index (χ3n) is 4.12. The molecule has 0 unspecified atom stereocenters. The predicted molar refractivity (Wildman–Crippen MR) is 75.7 cm³/mol.